The van der Waals surface area contributed by atoms with Gasteiger partial charge in [-0.15, -0.1) is 0 Å². The number of phenols is 1. The summed E-state index contributed by atoms with van der Waals surface area (Å²) in [5, 5.41) is 18.7. The van der Waals surface area contributed by atoms with E-state index in [0.29, 0.717) is 30.4 Å². The highest BCUT2D eigenvalue weighted by molar-refractivity contribution is 5.77. The molecular formula is C25H40N2O4. The first-order valence-corrected chi connectivity index (χ1v) is 11.6. The van der Waals surface area contributed by atoms with Crippen molar-refractivity contribution in [3.63, 3.8) is 0 Å². The van der Waals surface area contributed by atoms with Crippen molar-refractivity contribution in [1.29, 1.82) is 0 Å². The van der Waals surface area contributed by atoms with Gasteiger partial charge in [-0.1, -0.05) is 39.8 Å². The van der Waals surface area contributed by atoms with Gasteiger partial charge in [-0.05, 0) is 67.3 Å². The second-order valence-corrected chi connectivity index (χ2v) is 9.75. The fourth-order valence-electron chi connectivity index (χ4n) is 4.60. The van der Waals surface area contributed by atoms with Gasteiger partial charge in [0.25, 0.3) is 0 Å². The van der Waals surface area contributed by atoms with Crippen molar-refractivity contribution >= 4 is 11.9 Å². The van der Waals surface area contributed by atoms with E-state index in [0.717, 1.165) is 45.6 Å². The molecule has 0 saturated carbocycles. The SMILES string of the molecule is CC(C)CN(CCCN1CCC(C)(c2cccc(O)c2)C(C)C1)C(=O)CCCC(=O)O. The van der Waals surface area contributed by atoms with Crippen molar-refractivity contribution in [2.24, 2.45) is 11.8 Å². The van der Waals surface area contributed by atoms with Crippen molar-refractivity contribution in [3.8, 4) is 5.75 Å². The van der Waals surface area contributed by atoms with Crippen LogP contribution >= 0.6 is 0 Å². The van der Waals surface area contributed by atoms with Gasteiger partial charge in [0.15, 0.2) is 0 Å². The number of aromatic hydroxyl groups is 1. The Morgan fingerprint density at radius 3 is 2.61 bits per heavy atom. The van der Waals surface area contributed by atoms with Gasteiger partial charge in [-0.2, -0.15) is 0 Å². The summed E-state index contributed by atoms with van der Waals surface area (Å²) in [5.74, 6) is 0.402. The topological polar surface area (TPSA) is 81.1 Å². The van der Waals surface area contributed by atoms with E-state index in [1.807, 2.05) is 17.0 Å². The first-order valence-electron chi connectivity index (χ1n) is 11.6. The molecule has 2 rings (SSSR count). The third-order valence-corrected chi connectivity index (χ3v) is 6.69. The summed E-state index contributed by atoms with van der Waals surface area (Å²) < 4.78 is 0. The number of phenolic OH excluding ortho intramolecular Hbond substituents is 1. The molecule has 1 aliphatic heterocycles. The van der Waals surface area contributed by atoms with Crippen molar-refractivity contribution in [3.05, 3.63) is 29.8 Å². The molecule has 0 aliphatic carbocycles. The van der Waals surface area contributed by atoms with E-state index in [1.54, 1.807) is 6.07 Å². The maximum Gasteiger partial charge on any atom is 0.303 e. The van der Waals surface area contributed by atoms with Crippen LogP contribution in [0.5, 0.6) is 5.75 Å². The third kappa shape index (κ3) is 7.53. The van der Waals surface area contributed by atoms with Crippen molar-refractivity contribution < 1.29 is 19.8 Å². The molecule has 6 nitrogen and oxygen atoms in total. The van der Waals surface area contributed by atoms with Gasteiger partial charge < -0.3 is 20.0 Å². The van der Waals surface area contributed by atoms with E-state index in [4.69, 9.17) is 5.11 Å². The van der Waals surface area contributed by atoms with Crippen molar-refractivity contribution in [2.45, 2.75) is 65.2 Å². The summed E-state index contributed by atoms with van der Waals surface area (Å²) in [4.78, 5) is 27.7. The normalized spacial score (nSPS) is 21.9. The Balaban J connectivity index is 1.85. The minimum absolute atomic E-state index is 0.0465. The lowest BCUT2D eigenvalue weighted by Crippen LogP contribution is -2.48. The maximum atomic E-state index is 12.6. The Kier molecular flexibility index (Phi) is 9.35. The van der Waals surface area contributed by atoms with Crippen LogP contribution in [0.25, 0.3) is 0 Å². The lowest BCUT2D eigenvalue weighted by Gasteiger charge is -2.45. The number of piperidine rings is 1. The van der Waals surface area contributed by atoms with Gasteiger partial charge in [0.2, 0.25) is 5.91 Å². The van der Waals surface area contributed by atoms with Gasteiger partial charge in [-0.25, -0.2) is 0 Å². The summed E-state index contributed by atoms with van der Waals surface area (Å²) >= 11 is 0. The molecule has 0 bridgehead atoms. The summed E-state index contributed by atoms with van der Waals surface area (Å²) in [6.45, 7) is 13.2. The molecule has 2 unspecified atom stereocenters. The first kappa shape index (κ1) is 25.2. The number of carboxylic acid groups (broad SMARTS) is 1. The van der Waals surface area contributed by atoms with Crippen LogP contribution in [0.3, 0.4) is 0 Å². The molecular weight excluding hydrogens is 392 g/mol. The summed E-state index contributed by atoms with van der Waals surface area (Å²) in [6, 6.07) is 7.65. The molecule has 0 spiro atoms. The van der Waals surface area contributed by atoms with Crippen LogP contribution < -0.4 is 0 Å². The molecule has 1 heterocycles. The van der Waals surface area contributed by atoms with Gasteiger partial charge in [0, 0.05) is 32.5 Å². The molecule has 0 aromatic heterocycles. The number of amides is 1. The number of carboxylic acids is 1. The van der Waals surface area contributed by atoms with Gasteiger partial charge in [0.05, 0.1) is 0 Å². The van der Waals surface area contributed by atoms with E-state index in [1.165, 1.54) is 5.56 Å². The molecule has 2 N–H and O–H groups in total. The highest BCUT2D eigenvalue weighted by Crippen LogP contribution is 2.40. The average molecular weight is 433 g/mol. The number of aliphatic carboxylic acids is 1. The molecule has 1 amide bonds. The second-order valence-electron chi connectivity index (χ2n) is 9.75. The van der Waals surface area contributed by atoms with E-state index in [9.17, 15) is 14.7 Å². The number of hydrogen-bond acceptors (Lipinski definition) is 4. The standard InChI is InChI=1S/C25H40N2O4/c1-19(2)17-27(23(29)10-6-11-24(30)31)14-7-13-26-15-12-25(4,20(3)18-26)21-8-5-9-22(28)16-21/h5,8-9,16,19-20,28H,6-7,10-15,17-18H2,1-4H3,(H,30,31). The smallest absolute Gasteiger partial charge is 0.303 e. The zero-order chi connectivity index (χ0) is 23.0. The van der Waals surface area contributed by atoms with Gasteiger partial charge >= 0.3 is 5.97 Å². The van der Waals surface area contributed by atoms with Crippen LogP contribution in [0.4, 0.5) is 0 Å². The number of benzene rings is 1. The molecule has 1 aromatic carbocycles. The van der Waals surface area contributed by atoms with Crippen LogP contribution in [0.2, 0.25) is 0 Å². The van der Waals surface area contributed by atoms with Gasteiger partial charge in [0.1, 0.15) is 5.75 Å². The van der Waals surface area contributed by atoms with E-state index < -0.39 is 5.97 Å². The predicted molar refractivity (Wildman–Crippen MR) is 123 cm³/mol. The molecule has 1 aromatic rings. The molecule has 31 heavy (non-hydrogen) atoms. The first-order chi connectivity index (χ1) is 14.6. The monoisotopic (exact) mass is 432 g/mol. The van der Waals surface area contributed by atoms with E-state index in [-0.39, 0.29) is 17.7 Å². The van der Waals surface area contributed by atoms with Crippen LogP contribution in [0, 0.1) is 11.8 Å². The molecule has 2 atom stereocenters. The molecule has 0 radical (unpaired) electrons. The summed E-state index contributed by atoms with van der Waals surface area (Å²) in [6.07, 6.45) is 2.72. The Bertz CT molecular complexity index is 736. The van der Waals surface area contributed by atoms with Crippen LogP contribution in [-0.2, 0) is 15.0 Å². The number of carbonyl (C=O) groups is 2. The predicted octanol–water partition coefficient (Wildman–Crippen LogP) is 4.12. The third-order valence-electron chi connectivity index (χ3n) is 6.69. The van der Waals surface area contributed by atoms with Crippen LogP contribution in [-0.4, -0.2) is 64.6 Å². The van der Waals surface area contributed by atoms with Gasteiger partial charge in [-0.3, -0.25) is 9.59 Å². The molecule has 1 saturated heterocycles. The Morgan fingerprint density at radius 2 is 2.00 bits per heavy atom. The fourth-order valence-corrected chi connectivity index (χ4v) is 4.60. The lowest BCUT2D eigenvalue weighted by molar-refractivity contribution is -0.137. The van der Waals surface area contributed by atoms with Crippen molar-refractivity contribution in [1.82, 2.24) is 9.80 Å². The average Bonchev–Trinajstić information content (AvgIpc) is 2.69. The molecule has 174 valence electrons. The Labute approximate surface area is 187 Å². The summed E-state index contributed by atoms with van der Waals surface area (Å²) in [7, 11) is 0. The highest BCUT2D eigenvalue weighted by Gasteiger charge is 2.37. The lowest BCUT2D eigenvalue weighted by atomic mass is 9.68. The van der Waals surface area contributed by atoms with E-state index in [2.05, 4.69) is 38.7 Å². The Hall–Kier alpha value is -2.08. The van der Waals surface area contributed by atoms with Crippen LogP contribution in [0.1, 0.15) is 65.4 Å². The number of likely N-dealkylation sites (tertiary alicyclic amines) is 1. The molecule has 6 heteroatoms. The fraction of sp³-hybridized carbons (Fsp3) is 0.680. The number of carbonyl (C=O) groups excluding carboxylic acids is 1. The minimum atomic E-state index is -0.847. The minimum Gasteiger partial charge on any atom is -0.508 e. The zero-order valence-electron chi connectivity index (χ0n) is 19.6. The van der Waals surface area contributed by atoms with Crippen molar-refractivity contribution in [2.75, 3.05) is 32.7 Å². The number of rotatable bonds is 11. The quantitative estimate of drug-likeness (QED) is 0.550. The Morgan fingerprint density at radius 1 is 1.26 bits per heavy atom. The zero-order valence-corrected chi connectivity index (χ0v) is 19.6. The highest BCUT2D eigenvalue weighted by atomic mass is 16.4. The number of hydrogen-bond donors (Lipinski definition) is 2. The van der Waals surface area contributed by atoms with Crippen LogP contribution in [0.15, 0.2) is 24.3 Å². The number of nitrogens with zero attached hydrogens (tertiary/aromatic N) is 2. The van der Waals surface area contributed by atoms with E-state index >= 15 is 0 Å². The molecule has 1 fully saturated rings. The molecule has 1 aliphatic rings. The summed E-state index contributed by atoms with van der Waals surface area (Å²) in [5.41, 5.74) is 1.26. The second kappa shape index (κ2) is 11.5. The maximum absolute atomic E-state index is 12.6. The largest absolute Gasteiger partial charge is 0.508 e.